The van der Waals surface area contributed by atoms with Crippen molar-refractivity contribution >= 4 is 12.6 Å². The standard InChI is InChI=1S/C6H15NS/c1-3-7-5-4-6(2)8/h6-8H,3-5H2,1-2H3/t6-/m1/s1. The van der Waals surface area contributed by atoms with E-state index in [0.29, 0.717) is 5.25 Å². The van der Waals surface area contributed by atoms with E-state index in [-0.39, 0.29) is 0 Å². The van der Waals surface area contributed by atoms with Gasteiger partial charge in [-0.05, 0) is 19.5 Å². The van der Waals surface area contributed by atoms with Crippen LogP contribution < -0.4 is 5.32 Å². The molecule has 0 saturated heterocycles. The number of hydrogen-bond acceptors (Lipinski definition) is 2. The summed E-state index contributed by atoms with van der Waals surface area (Å²) in [7, 11) is 0. The molecule has 0 amide bonds. The van der Waals surface area contributed by atoms with E-state index in [2.05, 4.69) is 31.8 Å². The monoisotopic (exact) mass is 133 g/mol. The van der Waals surface area contributed by atoms with Crippen LogP contribution in [0.15, 0.2) is 0 Å². The van der Waals surface area contributed by atoms with Gasteiger partial charge in [-0.1, -0.05) is 13.8 Å². The molecule has 1 atom stereocenters. The highest BCUT2D eigenvalue weighted by Gasteiger charge is 1.90. The van der Waals surface area contributed by atoms with Crippen LogP contribution in [0.2, 0.25) is 0 Å². The van der Waals surface area contributed by atoms with Gasteiger partial charge in [0.05, 0.1) is 0 Å². The molecule has 0 radical (unpaired) electrons. The van der Waals surface area contributed by atoms with E-state index in [0.717, 1.165) is 19.5 Å². The lowest BCUT2D eigenvalue weighted by Gasteiger charge is -2.02. The second kappa shape index (κ2) is 5.45. The van der Waals surface area contributed by atoms with Crippen LogP contribution in [0, 0.1) is 0 Å². The van der Waals surface area contributed by atoms with Crippen molar-refractivity contribution in [3.8, 4) is 0 Å². The minimum atomic E-state index is 0.536. The average molecular weight is 133 g/mol. The fraction of sp³-hybridized carbons (Fsp3) is 1.00. The molecule has 0 spiro atoms. The molecule has 0 rings (SSSR count). The van der Waals surface area contributed by atoms with E-state index < -0.39 is 0 Å². The molecule has 0 unspecified atom stereocenters. The predicted molar refractivity (Wildman–Crippen MR) is 41.6 cm³/mol. The van der Waals surface area contributed by atoms with E-state index in [4.69, 9.17) is 0 Å². The molecular weight excluding hydrogens is 118 g/mol. The lowest BCUT2D eigenvalue weighted by molar-refractivity contribution is 0.672. The third-order valence-corrected chi connectivity index (χ3v) is 1.25. The van der Waals surface area contributed by atoms with Gasteiger partial charge in [0.25, 0.3) is 0 Å². The van der Waals surface area contributed by atoms with Gasteiger partial charge in [0.2, 0.25) is 0 Å². The molecule has 0 aliphatic rings. The van der Waals surface area contributed by atoms with Gasteiger partial charge in [-0.2, -0.15) is 12.6 Å². The zero-order chi connectivity index (χ0) is 6.41. The van der Waals surface area contributed by atoms with E-state index in [1.54, 1.807) is 0 Å². The quantitative estimate of drug-likeness (QED) is 0.435. The molecule has 50 valence electrons. The van der Waals surface area contributed by atoms with Crippen LogP contribution in [-0.2, 0) is 0 Å². The fourth-order valence-corrected chi connectivity index (χ4v) is 0.617. The summed E-state index contributed by atoms with van der Waals surface area (Å²) in [5.41, 5.74) is 0. The number of thiol groups is 1. The summed E-state index contributed by atoms with van der Waals surface area (Å²) < 4.78 is 0. The van der Waals surface area contributed by atoms with Crippen LogP contribution >= 0.6 is 12.6 Å². The third kappa shape index (κ3) is 6.31. The first-order chi connectivity index (χ1) is 3.77. The molecule has 0 bridgehead atoms. The summed E-state index contributed by atoms with van der Waals surface area (Å²) >= 11 is 4.23. The van der Waals surface area contributed by atoms with E-state index in [9.17, 15) is 0 Å². The second-order valence-electron chi connectivity index (χ2n) is 1.99. The molecule has 1 N–H and O–H groups in total. The Labute approximate surface area is 57.3 Å². The van der Waals surface area contributed by atoms with Crippen molar-refractivity contribution in [2.45, 2.75) is 25.5 Å². The van der Waals surface area contributed by atoms with Crippen LogP contribution in [0.3, 0.4) is 0 Å². The van der Waals surface area contributed by atoms with Gasteiger partial charge >= 0.3 is 0 Å². The van der Waals surface area contributed by atoms with E-state index in [1.807, 2.05) is 0 Å². The first-order valence-corrected chi connectivity index (χ1v) is 3.67. The molecular formula is C6H15NS. The van der Waals surface area contributed by atoms with Crippen molar-refractivity contribution in [1.29, 1.82) is 0 Å². The minimum Gasteiger partial charge on any atom is -0.317 e. The topological polar surface area (TPSA) is 12.0 Å². The fourth-order valence-electron chi connectivity index (χ4n) is 0.488. The summed E-state index contributed by atoms with van der Waals surface area (Å²) in [5, 5.41) is 3.77. The summed E-state index contributed by atoms with van der Waals surface area (Å²) in [6.07, 6.45) is 1.16. The van der Waals surface area contributed by atoms with Gasteiger partial charge in [-0.25, -0.2) is 0 Å². The molecule has 8 heavy (non-hydrogen) atoms. The molecule has 0 aliphatic carbocycles. The molecule has 0 aromatic rings. The third-order valence-electron chi connectivity index (χ3n) is 0.989. The lowest BCUT2D eigenvalue weighted by Crippen LogP contribution is -2.16. The molecule has 0 saturated carbocycles. The van der Waals surface area contributed by atoms with Crippen molar-refractivity contribution in [1.82, 2.24) is 5.32 Å². The maximum Gasteiger partial charge on any atom is 0.0000480 e. The largest absolute Gasteiger partial charge is 0.317 e. The normalized spacial score (nSPS) is 13.9. The van der Waals surface area contributed by atoms with Gasteiger partial charge in [0.15, 0.2) is 0 Å². The van der Waals surface area contributed by atoms with Crippen molar-refractivity contribution in [2.24, 2.45) is 0 Å². The smallest absolute Gasteiger partial charge is 0.0000480 e. The Kier molecular flexibility index (Phi) is 5.66. The zero-order valence-electron chi connectivity index (χ0n) is 5.65. The van der Waals surface area contributed by atoms with Crippen LogP contribution in [0.4, 0.5) is 0 Å². The van der Waals surface area contributed by atoms with Crippen molar-refractivity contribution in [2.75, 3.05) is 13.1 Å². The van der Waals surface area contributed by atoms with Crippen LogP contribution in [0.1, 0.15) is 20.3 Å². The van der Waals surface area contributed by atoms with Gasteiger partial charge in [-0.3, -0.25) is 0 Å². The van der Waals surface area contributed by atoms with E-state index in [1.165, 1.54) is 0 Å². The summed E-state index contributed by atoms with van der Waals surface area (Å²) in [4.78, 5) is 0. The van der Waals surface area contributed by atoms with Crippen molar-refractivity contribution in [3.05, 3.63) is 0 Å². The number of rotatable bonds is 4. The van der Waals surface area contributed by atoms with Gasteiger partial charge in [0, 0.05) is 5.25 Å². The SMILES string of the molecule is CCNCC[C@@H](C)S. The molecule has 0 heterocycles. The Morgan fingerprint density at radius 1 is 1.62 bits per heavy atom. The molecule has 0 aromatic heterocycles. The maximum absolute atomic E-state index is 4.23. The maximum atomic E-state index is 4.23. The molecule has 0 aliphatic heterocycles. The summed E-state index contributed by atoms with van der Waals surface area (Å²) in [6, 6.07) is 0. The Balaban J connectivity index is 2.72. The highest BCUT2D eigenvalue weighted by atomic mass is 32.1. The Morgan fingerprint density at radius 2 is 2.25 bits per heavy atom. The van der Waals surface area contributed by atoms with E-state index >= 15 is 0 Å². The Bertz CT molecular complexity index is 45.8. The zero-order valence-corrected chi connectivity index (χ0v) is 6.54. The van der Waals surface area contributed by atoms with Gasteiger partial charge < -0.3 is 5.32 Å². The van der Waals surface area contributed by atoms with Crippen molar-refractivity contribution < 1.29 is 0 Å². The molecule has 0 fully saturated rings. The average Bonchev–Trinajstić information content (AvgIpc) is 1.66. The highest BCUT2D eigenvalue weighted by molar-refractivity contribution is 7.80. The molecule has 2 heteroatoms. The molecule has 1 nitrogen and oxygen atoms in total. The first-order valence-electron chi connectivity index (χ1n) is 3.16. The van der Waals surface area contributed by atoms with Gasteiger partial charge in [0.1, 0.15) is 0 Å². The second-order valence-corrected chi connectivity index (χ2v) is 2.87. The molecule has 0 aromatic carbocycles. The first kappa shape index (κ1) is 8.31. The number of nitrogens with one attached hydrogen (secondary N) is 1. The van der Waals surface area contributed by atoms with Crippen molar-refractivity contribution in [3.63, 3.8) is 0 Å². The summed E-state index contributed by atoms with van der Waals surface area (Å²) in [6.45, 7) is 6.39. The van der Waals surface area contributed by atoms with Crippen LogP contribution in [-0.4, -0.2) is 18.3 Å². The van der Waals surface area contributed by atoms with Crippen LogP contribution in [0.25, 0.3) is 0 Å². The van der Waals surface area contributed by atoms with Gasteiger partial charge in [-0.15, -0.1) is 0 Å². The number of hydrogen-bond donors (Lipinski definition) is 2. The Hall–Kier alpha value is 0.310. The highest BCUT2D eigenvalue weighted by Crippen LogP contribution is 1.95. The minimum absolute atomic E-state index is 0.536. The lowest BCUT2D eigenvalue weighted by atomic mass is 10.3. The Morgan fingerprint density at radius 3 is 2.62 bits per heavy atom. The summed E-state index contributed by atoms with van der Waals surface area (Å²) in [5.74, 6) is 0. The predicted octanol–water partition coefficient (Wildman–Crippen LogP) is 1.30. The van der Waals surface area contributed by atoms with Crippen LogP contribution in [0.5, 0.6) is 0 Å².